The van der Waals surface area contributed by atoms with Crippen LogP contribution in [0.4, 0.5) is 0 Å². The molecule has 1 N–H and O–H groups in total. The fourth-order valence-electron chi connectivity index (χ4n) is 8.72. The van der Waals surface area contributed by atoms with Crippen LogP contribution < -0.4 is 9.47 Å². The molecule has 4 aromatic rings. The minimum atomic E-state index is -0.258. The zero-order valence-corrected chi connectivity index (χ0v) is 26.1. The number of piperidine rings is 2. The van der Waals surface area contributed by atoms with Gasteiger partial charge in [0.05, 0.1) is 14.2 Å². The van der Waals surface area contributed by atoms with Crippen molar-refractivity contribution in [1.82, 2.24) is 14.8 Å². The Hall–Kier alpha value is -3.32. The molecule has 3 aliphatic rings. The van der Waals surface area contributed by atoms with E-state index in [9.17, 15) is 0 Å². The molecule has 2 saturated heterocycles. The van der Waals surface area contributed by atoms with E-state index < -0.39 is 0 Å². The molecule has 0 amide bonds. The van der Waals surface area contributed by atoms with Crippen LogP contribution in [-0.2, 0) is 22.2 Å². The standard InChI is InChI=1S/C37H45N3O3/c1-39-25-26(23-37(43-4)32-6-5-7-33-35(32)27(24-38-33)22-34(37)39)16-19-40-20-17-36(18-21-40,28-8-12-30(41-2)13-9-28)29-10-14-31(42-3)15-11-29/h5-15,24,26,34,38H,16-23,25H2,1-4H3/t26-,34-,37+/m1/s1. The minimum Gasteiger partial charge on any atom is -0.497 e. The third kappa shape index (κ3) is 4.75. The minimum absolute atomic E-state index is 0.0114. The number of hydrogen-bond acceptors (Lipinski definition) is 5. The number of hydrogen-bond donors (Lipinski definition) is 1. The molecule has 3 aromatic carbocycles. The van der Waals surface area contributed by atoms with Crippen molar-refractivity contribution in [3.63, 3.8) is 0 Å². The lowest BCUT2D eigenvalue weighted by atomic mass is 9.67. The van der Waals surface area contributed by atoms with Crippen molar-refractivity contribution in [1.29, 1.82) is 0 Å². The van der Waals surface area contributed by atoms with Crippen LogP contribution in [0.5, 0.6) is 11.5 Å². The Labute approximate surface area is 255 Å². The summed E-state index contributed by atoms with van der Waals surface area (Å²) in [7, 11) is 7.71. The van der Waals surface area contributed by atoms with Crippen LogP contribution in [0.2, 0.25) is 0 Å². The molecule has 3 heterocycles. The maximum Gasteiger partial charge on any atom is 0.118 e. The molecule has 0 saturated carbocycles. The second-order valence-corrected chi connectivity index (χ2v) is 13.0. The van der Waals surface area contributed by atoms with E-state index in [1.165, 1.54) is 39.6 Å². The number of methoxy groups -OCH3 is 3. The maximum atomic E-state index is 6.56. The number of H-pyrrole nitrogens is 1. The van der Waals surface area contributed by atoms with Crippen LogP contribution in [0.3, 0.4) is 0 Å². The smallest absolute Gasteiger partial charge is 0.118 e. The Bertz CT molecular complexity index is 1510. The summed E-state index contributed by atoms with van der Waals surface area (Å²) in [4.78, 5) is 8.79. The Morgan fingerprint density at radius 1 is 0.860 bits per heavy atom. The molecule has 0 unspecified atom stereocenters. The molecule has 2 fully saturated rings. The van der Waals surface area contributed by atoms with Crippen LogP contribution in [0.1, 0.15) is 47.9 Å². The largest absolute Gasteiger partial charge is 0.497 e. The summed E-state index contributed by atoms with van der Waals surface area (Å²) in [5.74, 6) is 2.40. The van der Waals surface area contributed by atoms with Crippen molar-refractivity contribution in [3.05, 3.63) is 95.2 Å². The molecule has 6 heteroatoms. The van der Waals surface area contributed by atoms with Gasteiger partial charge in [0.25, 0.3) is 0 Å². The molecule has 0 bridgehead atoms. The lowest BCUT2D eigenvalue weighted by molar-refractivity contribution is -0.126. The highest BCUT2D eigenvalue weighted by atomic mass is 16.5. The normalized spacial score (nSPS) is 25.4. The SMILES string of the molecule is COc1ccc(C2(c3ccc(OC)cc3)CCN(CC[C@H]3CN(C)[C@@H]4Cc5c[nH]c6cccc(c56)[C@@]4(OC)C3)CC2)cc1. The number of aromatic amines is 1. The Morgan fingerprint density at radius 3 is 2.12 bits per heavy atom. The fraction of sp³-hybridized carbons (Fsp3) is 0.459. The number of fused-ring (bicyclic) bond motifs is 2. The van der Waals surface area contributed by atoms with Gasteiger partial charge in [-0.2, -0.15) is 0 Å². The lowest BCUT2D eigenvalue weighted by Gasteiger charge is -2.53. The number of ether oxygens (including phenoxy) is 3. The number of nitrogens with zero attached hydrogens (tertiary/aromatic N) is 2. The van der Waals surface area contributed by atoms with Crippen molar-refractivity contribution < 1.29 is 14.2 Å². The number of likely N-dealkylation sites (N-methyl/N-ethyl adjacent to an activating group) is 1. The van der Waals surface area contributed by atoms with Gasteiger partial charge < -0.3 is 24.1 Å². The first-order valence-corrected chi connectivity index (χ1v) is 15.9. The van der Waals surface area contributed by atoms with Crippen LogP contribution in [0.15, 0.2) is 72.9 Å². The van der Waals surface area contributed by atoms with E-state index in [4.69, 9.17) is 14.2 Å². The van der Waals surface area contributed by atoms with Gasteiger partial charge in [0.2, 0.25) is 0 Å². The Kier molecular flexibility index (Phi) is 7.48. The number of rotatable bonds is 8. The third-order valence-corrected chi connectivity index (χ3v) is 11.1. The van der Waals surface area contributed by atoms with Gasteiger partial charge in [0.15, 0.2) is 0 Å². The molecule has 226 valence electrons. The molecule has 0 spiro atoms. The highest BCUT2D eigenvalue weighted by molar-refractivity contribution is 5.88. The van der Waals surface area contributed by atoms with E-state index in [-0.39, 0.29) is 11.0 Å². The van der Waals surface area contributed by atoms with Gasteiger partial charge in [-0.3, -0.25) is 4.90 Å². The summed E-state index contributed by atoms with van der Waals surface area (Å²) < 4.78 is 17.5. The molecular weight excluding hydrogens is 534 g/mol. The topological polar surface area (TPSA) is 50.0 Å². The van der Waals surface area contributed by atoms with Crippen LogP contribution in [-0.4, -0.2) is 75.4 Å². The molecule has 1 aliphatic carbocycles. The maximum absolute atomic E-state index is 6.56. The van der Waals surface area contributed by atoms with Gasteiger partial charge in [-0.15, -0.1) is 0 Å². The molecule has 2 aliphatic heterocycles. The molecule has 7 rings (SSSR count). The van der Waals surface area contributed by atoms with E-state index in [1.54, 1.807) is 14.2 Å². The van der Waals surface area contributed by atoms with Crippen molar-refractivity contribution in [2.24, 2.45) is 5.92 Å². The van der Waals surface area contributed by atoms with E-state index in [2.05, 4.69) is 94.8 Å². The molecule has 43 heavy (non-hydrogen) atoms. The summed E-state index contributed by atoms with van der Waals surface area (Å²) in [6.45, 7) is 4.43. The first-order chi connectivity index (χ1) is 21.0. The number of nitrogens with one attached hydrogen (secondary N) is 1. The van der Waals surface area contributed by atoms with Crippen LogP contribution >= 0.6 is 0 Å². The number of aromatic nitrogens is 1. The van der Waals surface area contributed by atoms with Crippen molar-refractivity contribution >= 4 is 10.9 Å². The predicted octanol–water partition coefficient (Wildman–Crippen LogP) is 6.38. The van der Waals surface area contributed by atoms with Crippen molar-refractivity contribution in [2.45, 2.75) is 49.2 Å². The van der Waals surface area contributed by atoms with Gasteiger partial charge >= 0.3 is 0 Å². The first-order valence-electron chi connectivity index (χ1n) is 15.9. The summed E-state index contributed by atoms with van der Waals surface area (Å²) in [5, 5.41) is 1.39. The van der Waals surface area contributed by atoms with Crippen LogP contribution in [0, 0.1) is 5.92 Å². The predicted molar refractivity (Wildman–Crippen MR) is 172 cm³/mol. The second kappa shape index (κ2) is 11.3. The fourth-order valence-corrected chi connectivity index (χ4v) is 8.72. The zero-order valence-electron chi connectivity index (χ0n) is 26.1. The van der Waals surface area contributed by atoms with E-state index in [0.717, 1.165) is 63.4 Å². The second-order valence-electron chi connectivity index (χ2n) is 13.0. The molecular formula is C37H45N3O3. The highest BCUT2D eigenvalue weighted by Gasteiger charge is 2.51. The van der Waals surface area contributed by atoms with Gasteiger partial charge in [-0.05, 0) is 117 Å². The molecule has 1 aromatic heterocycles. The quantitative estimate of drug-likeness (QED) is 0.263. The summed E-state index contributed by atoms with van der Waals surface area (Å²) in [6.07, 6.45) is 7.71. The zero-order chi connectivity index (χ0) is 29.6. The number of likely N-dealkylation sites (tertiary alicyclic amines) is 2. The molecule has 3 atom stereocenters. The first kappa shape index (κ1) is 28.5. The van der Waals surface area contributed by atoms with E-state index in [0.29, 0.717) is 12.0 Å². The Balaban J connectivity index is 1.07. The van der Waals surface area contributed by atoms with Gasteiger partial charge in [0, 0.05) is 42.2 Å². The van der Waals surface area contributed by atoms with Gasteiger partial charge in [0.1, 0.15) is 17.1 Å². The van der Waals surface area contributed by atoms with Crippen LogP contribution in [0.25, 0.3) is 10.9 Å². The Morgan fingerprint density at radius 2 is 1.51 bits per heavy atom. The number of benzene rings is 3. The average molecular weight is 580 g/mol. The highest BCUT2D eigenvalue weighted by Crippen LogP contribution is 2.50. The van der Waals surface area contributed by atoms with Crippen molar-refractivity contribution in [3.8, 4) is 11.5 Å². The van der Waals surface area contributed by atoms with Crippen molar-refractivity contribution in [2.75, 3.05) is 54.6 Å². The van der Waals surface area contributed by atoms with Gasteiger partial charge in [-0.25, -0.2) is 0 Å². The van der Waals surface area contributed by atoms with Gasteiger partial charge in [-0.1, -0.05) is 36.4 Å². The molecule has 0 radical (unpaired) electrons. The summed E-state index contributed by atoms with van der Waals surface area (Å²) >= 11 is 0. The third-order valence-electron chi connectivity index (χ3n) is 11.1. The summed E-state index contributed by atoms with van der Waals surface area (Å²) in [5.41, 5.74) is 6.51. The summed E-state index contributed by atoms with van der Waals surface area (Å²) in [6, 6.07) is 24.5. The lowest BCUT2D eigenvalue weighted by Crippen LogP contribution is -2.59. The molecule has 6 nitrogen and oxygen atoms in total. The monoisotopic (exact) mass is 579 g/mol. The van der Waals surface area contributed by atoms with E-state index >= 15 is 0 Å². The van der Waals surface area contributed by atoms with E-state index in [1.807, 2.05) is 7.11 Å². The average Bonchev–Trinajstić information content (AvgIpc) is 3.48.